The highest BCUT2D eigenvalue weighted by molar-refractivity contribution is 5.80. The minimum atomic E-state index is -0.356. The molecule has 8 nitrogen and oxygen atoms in total. The topological polar surface area (TPSA) is 88.1 Å². The van der Waals surface area contributed by atoms with Gasteiger partial charge in [-0.1, -0.05) is 19.3 Å². The van der Waals surface area contributed by atoms with E-state index in [1.807, 2.05) is 16.5 Å². The molecule has 5 rings (SSSR count). The largest absolute Gasteiger partial charge is 0.496 e. The summed E-state index contributed by atoms with van der Waals surface area (Å²) in [6.07, 6.45) is 6.49. The molecule has 1 aliphatic heterocycles. The van der Waals surface area contributed by atoms with Gasteiger partial charge >= 0.3 is 0 Å². The van der Waals surface area contributed by atoms with Crippen LogP contribution in [0.4, 0.5) is 10.1 Å². The number of aryl methyl sites for hydroxylation is 1. The number of benzene rings is 1. The van der Waals surface area contributed by atoms with Gasteiger partial charge in [0.2, 0.25) is 0 Å². The molecule has 2 aromatic heterocycles. The van der Waals surface area contributed by atoms with Crippen molar-refractivity contribution in [3.63, 3.8) is 0 Å². The molecule has 1 saturated heterocycles. The van der Waals surface area contributed by atoms with E-state index in [0.717, 1.165) is 58.3 Å². The zero-order valence-corrected chi connectivity index (χ0v) is 19.3. The molecule has 0 unspecified atom stereocenters. The van der Waals surface area contributed by atoms with E-state index in [9.17, 15) is 4.79 Å². The Morgan fingerprint density at radius 1 is 1.12 bits per heavy atom. The SMILES string of the molecule is COc1cc(N2CCCNCC2)c(F)cc1-c1nc2c(C)nn(C3CCCCC3)c2c(=O)[nH]1. The monoisotopic (exact) mass is 454 g/mol. The first-order chi connectivity index (χ1) is 16.1. The maximum absolute atomic E-state index is 15.3. The first kappa shape index (κ1) is 21.9. The fourth-order valence-corrected chi connectivity index (χ4v) is 5.13. The van der Waals surface area contributed by atoms with Gasteiger partial charge in [-0.25, -0.2) is 9.37 Å². The minimum absolute atomic E-state index is 0.220. The number of nitrogens with zero attached hydrogens (tertiary/aromatic N) is 4. The number of nitrogens with one attached hydrogen (secondary N) is 2. The van der Waals surface area contributed by atoms with Crippen LogP contribution in [-0.4, -0.2) is 53.0 Å². The predicted octanol–water partition coefficient (Wildman–Crippen LogP) is 3.55. The Morgan fingerprint density at radius 2 is 1.94 bits per heavy atom. The standard InChI is InChI=1S/C24H31FN6O2/c1-15-21-22(31(29-15)16-7-4-3-5-8-16)24(32)28-23(27-21)17-13-18(25)19(14-20(17)33-2)30-11-6-9-26-10-12-30/h13-14,16,26H,3-12H2,1-2H3,(H,27,28,32). The molecule has 9 heteroatoms. The van der Waals surface area contributed by atoms with Crippen LogP contribution < -0.4 is 20.5 Å². The van der Waals surface area contributed by atoms with E-state index in [1.165, 1.54) is 12.5 Å². The zero-order chi connectivity index (χ0) is 22.9. The van der Waals surface area contributed by atoms with Gasteiger partial charge in [0.05, 0.1) is 30.1 Å². The number of halogens is 1. The second-order valence-corrected chi connectivity index (χ2v) is 9.03. The first-order valence-electron chi connectivity index (χ1n) is 11.9. The third-order valence-electron chi connectivity index (χ3n) is 6.85. The van der Waals surface area contributed by atoms with Gasteiger partial charge in [0, 0.05) is 25.7 Å². The van der Waals surface area contributed by atoms with Crippen LogP contribution in [0, 0.1) is 12.7 Å². The highest BCUT2D eigenvalue weighted by Gasteiger charge is 2.24. The van der Waals surface area contributed by atoms with Gasteiger partial charge in [-0.05, 0) is 38.8 Å². The van der Waals surface area contributed by atoms with Crippen molar-refractivity contribution in [2.75, 3.05) is 38.2 Å². The lowest BCUT2D eigenvalue weighted by Gasteiger charge is -2.24. The third kappa shape index (κ3) is 4.10. The fourth-order valence-electron chi connectivity index (χ4n) is 5.13. The molecule has 2 aliphatic rings. The van der Waals surface area contributed by atoms with Crippen molar-refractivity contribution in [3.8, 4) is 17.1 Å². The Bertz CT molecular complexity index is 1210. The number of anilines is 1. The van der Waals surface area contributed by atoms with Crippen molar-refractivity contribution in [1.82, 2.24) is 25.1 Å². The smallest absolute Gasteiger partial charge is 0.277 e. The first-order valence-corrected chi connectivity index (χ1v) is 11.9. The maximum Gasteiger partial charge on any atom is 0.277 e. The summed E-state index contributed by atoms with van der Waals surface area (Å²) in [5, 5.41) is 8.00. The number of aromatic nitrogens is 4. The number of H-pyrrole nitrogens is 1. The van der Waals surface area contributed by atoms with Crippen LogP contribution in [-0.2, 0) is 0 Å². The van der Waals surface area contributed by atoms with Crippen molar-refractivity contribution >= 4 is 16.7 Å². The fraction of sp³-hybridized carbons (Fsp3) is 0.542. The molecule has 1 aromatic carbocycles. The number of rotatable bonds is 4. The summed E-state index contributed by atoms with van der Waals surface area (Å²) in [7, 11) is 1.55. The van der Waals surface area contributed by atoms with Crippen LogP contribution in [0.3, 0.4) is 0 Å². The summed E-state index contributed by atoms with van der Waals surface area (Å²) < 4.78 is 22.7. The minimum Gasteiger partial charge on any atom is -0.496 e. The van der Waals surface area contributed by atoms with Gasteiger partial charge in [-0.2, -0.15) is 5.10 Å². The summed E-state index contributed by atoms with van der Waals surface area (Å²) in [5.74, 6) is 0.409. The van der Waals surface area contributed by atoms with Gasteiger partial charge in [-0.15, -0.1) is 0 Å². The summed E-state index contributed by atoms with van der Waals surface area (Å²) in [4.78, 5) is 22.8. The van der Waals surface area contributed by atoms with Gasteiger partial charge in [0.1, 0.15) is 22.9 Å². The normalized spacial score (nSPS) is 18.0. The van der Waals surface area contributed by atoms with Crippen LogP contribution in [0.1, 0.15) is 50.3 Å². The Labute approximate surface area is 192 Å². The van der Waals surface area contributed by atoms with Crippen molar-refractivity contribution in [2.45, 2.75) is 51.5 Å². The number of ether oxygens (including phenoxy) is 1. The van der Waals surface area contributed by atoms with E-state index in [4.69, 9.17) is 9.72 Å². The van der Waals surface area contributed by atoms with E-state index in [0.29, 0.717) is 39.6 Å². The molecule has 1 saturated carbocycles. The second-order valence-electron chi connectivity index (χ2n) is 9.03. The van der Waals surface area contributed by atoms with Gasteiger partial charge in [0.15, 0.2) is 5.52 Å². The molecule has 0 spiro atoms. The van der Waals surface area contributed by atoms with Gasteiger partial charge < -0.3 is 19.9 Å². The Balaban J connectivity index is 1.58. The molecule has 176 valence electrons. The van der Waals surface area contributed by atoms with E-state index in [2.05, 4.69) is 15.4 Å². The highest BCUT2D eigenvalue weighted by atomic mass is 19.1. The zero-order valence-electron chi connectivity index (χ0n) is 19.3. The Morgan fingerprint density at radius 3 is 2.73 bits per heavy atom. The quantitative estimate of drug-likeness (QED) is 0.627. The molecular formula is C24H31FN6O2. The lowest BCUT2D eigenvalue weighted by molar-refractivity contribution is 0.336. The van der Waals surface area contributed by atoms with Crippen LogP contribution in [0.25, 0.3) is 22.4 Å². The number of methoxy groups -OCH3 is 1. The number of fused-ring (bicyclic) bond motifs is 1. The number of aromatic amines is 1. The van der Waals surface area contributed by atoms with E-state index >= 15 is 4.39 Å². The lowest BCUT2D eigenvalue weighted by Crippen LogP contribution is -2.28. The second kappa shape index (κ2) is 9.13. The molecule has 0 bridgehead atoms. The summed E-state index contributed by atoms with van der Waals surface area (Å²) in [6.45, 7) is 5.09. The highest BCUT2D eigenvalue weighted by Crippen LogP contribution is 2.35. The summed E-state index contributed by atoms with van der Waals surface area (Å²) in [6, 6.07) is 3.34. The molecule has 0 radical (unpaired) electrons. The number of hydrogen-bond acceptors (Lipinski definition) is 6. The van der Waals surface area contributed by atoms with Crippen molar-refractivity contribution in [3.05, 3.63) is 34.0 Å². The lowest BCUT2D eigenvalue weighted by atomic mass is 9.95. The molecule has 3 aromatic rings. The summed E-state index contributed by atoms with van der Waals surface area (Å²) >= 11 is 0. The van der Waals surface area contributed by atoms with Crippen molar-refractivity contribution < 1.29 is 9.13 Å². The molecule has 0 amide bonds. The number of hydrogen-bond donors (Lipinski definition) is 2. The van der Waals surface area contributed by atoms with Crippen LogP contribution in [0.2, 0.25) is 0 Å². The molecule has 2 N–H and O–H groups in total. The Hall–Kier alpha value is -2.94. The average molecular weight is 455 g/mol. The van der Waals surface area contributed by atoms with Gasteiger partial charge in [0.25, 0.3) is 5.56 Å². The molecular weight excluding hydrogens is 423 g/mol. The molecule has 3 heterocycles. The molecule has 33 heavy (non-hydrogen) atoms. The van der Waals surface area contributed by atoms with Crippen LogP contribution in [0.15, 0.2) is 16.9 Å². The molecule has 0 atom stereocenters. The Kier molecular flexibility index (Phi) is 6.05. The van der Waals surface area contributed by atoms with E-state index in [1.54, 1.807) is 13.2 Å². The molecule has 1 aliphatic carbocycles. The third-order valence-corrected chi connectivity index (χ3v) is 6.85. The van der Waals surface area contributed by atoms with E-state index < -0.39 is 0 Å². The molecule has 2 fully saturated rings. The van der Waals surface area contributed by atoms with Crippen molar-refractivity contribution in [1.29, 1.82) is 0 Å². The predicted molar refractivity (Wildman–Crippen MR) is 127 cm³/mol. The average Bonchev–Trinajstić information content (AvgIpc) is 2.99. The summed E-state index contributed by atoms with van der Waals surface area (Å²) in [5.41, 5.74) is 2.43. The maximum atomic E-state index is 15.3. The van der Waals surface area contributed by atoms with Crippen LogP contribution in [0.5, 0.6) is 5.75 Å². The van der Waals surface area contributed by atoms with E-state index in [-0.39, 0.29) is 17.4 Å². The van der Waals surface area contributed by atoms with Gasteiger partial charge in [-0.3, -0.25) is 9.48 Å². The van der Waals surface area contributed by atoms with Crippen LogP contribution >= 0.6 is 0 Å². The van der Waals surface area contributed by atoms with Crippen molar-refractivity contribution in [2.24, 2.45) is 0 Å².